The lowest BCUT2D eigenvalue weighted by Gasteiger charge is -2.38. The van der Waals surface area contributed by atoms with Crippen LogP contribution in [0.1, 0.15) is 28.7 Å². The number of piperazine rings is 1. The maximum absolute atomic E-state index is 12.8. The van der Waals surface area contributed by atoms with Gasteiger partial charge in [0.05, 0.1) is 35.3 Å². The third-order valence-corrected chi connectivity index (χ3v) is 18.0. The number of ether oxygens (including phenoxy) is 2. The van der Waals surface area contributed by atoms with Crippen LogP contribution in [0.2, 0.25) is 13.1 Å². The number of nitrogens with zero attached hydrogens (tertiary/aromatic N) is 6. The number of alkyl carbamates (subject to hydrolysis) is 1. The van der Waals surface area contributed by atoms with E-state index in [1.807, 2.05) is 30.3 Å². The number of hydrogen-bond donors (Lipinski definition) is 4. The number of amides is 1. The van der Waals surface area contributed by atoms with Crippen molar-refractivity contribution in [1.82, 2.24) is 30.2 Å². The van der Waals surface area contributed by atoms with Gasteiger partial charge in [-0.05, 0) is 143 Å². The van der Waals surface area contributed by atoms with E-state index in [1.54, 1.807) is 0 Å². The van der Waals surface area contributed by atoms with Gasteiger partial charge in [0.25, 0.3) is 0 Å². The minimum absolute atomic E-state index is 0.0510. The molecule has 4 N–H and O–H groups in total. The first kappa shape index (κ1) is 48.4. The molecule has 14 heteroatoms. The molecule has 7 aromatic rings. The quantitative estimate of drug-likeness (QED) is 0.0454. The Morgan fingerprint density at radius 3 is 2.26 bits per heavy atom. The lowest BCUT2D eigenvalue weighted by molar-refractivity contribution is -0.462. The first-order valence-electron chi connectivity index (χ1n) is 25.1. The zero-order valence-electron chi connectivity index (χ0n) is 42.6. The number of allylic oxidation sites excluding steroid dienone is 5. The van der Waals surface area contributed by atoms with Gasteiger partial charge < -0.3 is 44.6 Å². The average molecular weight is 981 g/mol. The number of likely N-dealkylation sites (N-methyl/N-ethyl adjacent to an activating group) is 1. The number of rotatable bonds is 15. The van der Waals surface area contributed by atoms with Crippen molar-refractivity contribution in [3.05, 3.63) is 148 Å². The van der Waals surface area contributed by atoms with E-state index in [0.29, 0.717) is 32.4 Å². The van der Waals surface area contributed by atoms with Crippen LogP contribution in [-0.2, 0) is 17.6 Å². The number of imidazole rings is 2. The summed E-state index contributed by atoms with van der Waals surface area (Å²) in [6.45, 7) is 10.2. The van der Waals surface area contributed by atoms with E-state index in [-0.39, 0.29) is 13.2 Å². The summed E-state index contributed by atoms with van der Waals surface area (Å²) in [6.07, 6.45) is 8.14. The highest BCUT2D eigenvalue weighted by molar-refractivity contribution is 6.98. The Labute approximate surface area is 423 Å². The van der Waals surface area contributed by atoms with E-state index >= 15 is 0 Å². The summed E-state index contributed by atoms with van der Waals surface area (Å²) in [5.41, 5.74) is 16.3. The second-order valence-electron chi connectivity index (χ2n) is 20.1. The summed E-state index contributed by atoms with van der Waals surface area (Å²) >= 11 is 0. The largest absolute Gasteiger partial charge is 0.494 e. The third-order valence-electron chi connectivity index (χ3n) is 14.4. The predicted molar refractivity (Wildman–Crippen MR) is 295 cm³/mol. The van der Waals surface area contributed by atoms with Gasteiger partial charge >= 0.3 is 6.09 Å². The number of aliphatic hydroxyl groups is 1. The maximum Gasteiger partial charge on any atom is 0.407 e. The Balaban J connectivity index is 0.725. The second kappa shape index (κ2) is 20.5. The molecule has 10 rings (SSSR count). The molecule has 1 fully saturated rings. The summed E-state index contributed by atoms with van der Waals surface area (Å²) in [5, 5.41) is 15.9. The number of anilines is 2. The Kier molecular flexibility index (Phi) is 13.7. The highest BCUT2D eigenvalue weighted by atomic mass is 28.3. The highest BCUT2D eigenvalue weighted by Gasteiger charge is 2.41. The standard InChI is InChI=1S/C58H65N9O4Si/c1-64(2)42-14-19-46-53(36-42)72(6,7)54-37-43(65(3)4)15-20-47(54)55(46)48-33-38(9-10-39(48)23-30-68)24-32-71-58(69)59-25-8-31-70-45-17-11-40(12-18-45)56-60-49-21-13-41(34-51(49)62-56)57-61-50-22-16-44(35-52(50)63-57)67-28-26-66(5)27-29-67/h9-22,33-37,68H,8,23-32H2,1-7H3,(H2-,59,60,61,62,63,69)/p+1. The molecule has 5 aromatic carbocycles. The zero-order chi connectivity index (χ0) is 50.1. The van der Waals surface area contributed by atoms with Crippen molar-refractivity contribution < 1.29 is 24.0 Å². The number of aromatic amines is 2. The second-order valence-corrected chi connectivity index (χ2v) is 24.5. The Bertz CT molecular complexity index is 3300. The van der Waals surface area contributed by atoms with Crippen molar-refractivity contribution in [1.29, 1.82) is 0 Å². The number of nitrogens with one attached hydrogen (secondary N) is 3. The van der Waals surface area contributed by atoms with Crippen molar-refractivity contribution in [2.75, 3.05) is 97.6 Å². The van der Waals surface area contributed by atoms with Gasteiger partial charge in [-0.2, -0.15) is 0 Å². The number of benzene rings is 5. The molecule has 1 saturated heterocycles. The Morgan fingerprint density at radius 1 is 0.806 bits per heavy atom. The smallest absolute Gasteiger partial charge is 0.407 e. The number of fused-ring (bicyclic) bond motifs is 4. The van der Waals surface area contributed by atoms with Crippen LogP contribution in [0.4, 0.5) is 16.2 Å². The van der Waals surface area contributed by atoms with E-state index < -0.39 is 14.2 Å². The van der Waals surface area contributed by atoms with Crippen LogP contribution < -0.4 is 25.0 Å². The average Bonchev–Trinajstić information content (AvgIpc) is 4.02. The number of carbonyl (C=O) groups is 1. The molecule has 2 aliphatic heterocycles. The summed E-state index contributed by atoms with van der Waals surface area (Å²) in [6, 6.07) is 33.9. The van der Waals surface area contributed by atoms with E-state index in [0.717, 1.165) is 93.5 Å². The van der Waals surface area contributed by atoms with Gasteiger partial charge in [-0.3, -0.25) is 0 Å². The molecule has 2 aromatic heterocycles. The van der Waals surface area contributed by atoms with Gasteiger partial charge in [0.2, 0.25) is 0 Å². The van der Waals surface area contributed by atoms with Gasteiger partial charge in [-0.1, -0.05) is 37.4 Å². The van der Waals surface area contributed by atoms with E-state index in [2.05, 4.69) is 168 Å². The summed E-state index contributed by atoms with van der Waals surface area (Å²) in [5.74, 6) is 2.35. The van der Waals surface area contributed by atoms with Crippen LogP contribution in [0, 0.1) is 0 Å². The Hall–Kier alpha value is -7.26. The van der Waals surface area contributed by atoms with E-state index in [9.17, 15) is 9.90 Å². The number of H-pyrrole nitrogens is 2. The maximum atomic E-state index is 12.8. The molecule has 13 nitrogen and oxygen atoms in total. The minimum Gasteiger partial charge on any atom is -0.494 e. The first-order chi connectivity index (χ1) is 34.8. The molecule has 1 aliphatic carbocycles. The van der Waals surface area contributed by atoms with Gasteiger partial charge in [0.1, 0.15) is 39.6 Å². The summed E-state index contributed by atoms with van der Waals surface area (Å²) in [4.78, 5) is 36.6. The molecule has 0 spiro atoms. The first-order valence-corrected chi connectivity index (χ1v) is 28.1. The van der Waals surface area contributed by atoms with E-state index in [1.165, 1.54) is 44.2 Å². The van der Waals surface area contributed by atoms with Gasteiger partial charge in [0.15, 0.2) is 5.71 Å². The monoisotopic (exact) mass is 981 g/mol. The lowest BCUT2D eigenvalue weighted by Crippen LogP contribution is -2.49. The van der Waals surface area contributed by atoms with Crippen molar-refractivity contribution in [2.45, 2.75) is 32.4 Å². The molecule has 0 bridgehead atoms. The van der Waals surface area contributed by atoms with Crippen LogP contribution >= 0.6 is 0 Å². The Morgan fingerprint density at radius 2 is 1.53 bits per heavy atom. The van der Waals surface area contributed by atoms with Crippen LogP contribution in [-0.4, -0.2) is 142 Å². The van der Waals surface area contributed by atoms with Crippen LogP contribution in [0.5, 0.6) is 5.75 Å². The molecule has 3 aliphatic rings. The molecule has 72 heavy (non-hydrogen) atoms. The molecular formula is C58H66N9O4Si+. The topological polar surface area (TPSA) is 138 Å². The fourth-order valence-corrected chi connectivity index (χ4v) is 13.3. The van der Waals surface area contributed by atoms with Crippen LogP contribution in [0.25, 0.3) is 50.4 Å². The molecule has 370 valence electrons. The zero-order valence-corrected chi connectivity index (χ0v) is 43.6. The minimum atomic E-state index is -2.12. The fraction of sp³-hybridized carbons (Fsp3) is 0.310. The van der Waals surface area contributed by atoms with Gasteiger partial charge in [-0.15, -0.1) is 0 Å². The third kappa shape index (κ3) is 9.99. The number of aromatic nitrogens is 4. The molecular weight excluding hydrogens is 915 g/mol. The molecule has 0 saturated carbocycles. The number of carbonyl (C=O) groups excluding carboxylic acids is 1. The molecule has 0 unspecified atom stereocenters. The van der Waals surface area contributed by atoms with Crippen molar-refractivity contribution >= 4 is 64.1 Å². The predicted octanol–water partition coefficient (Wildman–Crippen LogP) is 8.34. The van der Waals surface area contributed by atoms with Crippen molar-refractivity contribution in [3.8, 4) is 28.5 Å². The highest BCUT2D eigenvalue weighted by Crippen LogP contribution is 2.43. The van der Waals surface area contributed by atoms with E-state index in [4.69, 9.17) is 19.4 Å². The lowest BCUT2D eigenvalue weighted by atomic mass is 9.85. The molecule has 1 amide bonds. The summed E-state index contributed by atoms with van der Waals surface area (Å²) < 4.78 is 13.9. The van der Waals surface area contributed by atoms with Crippen LogP contribution in [0.3, 0.4) is 0 Å². The van der Waals surface area contributed by atoms with Gasteiger partial charge in [-0.25, -0.2) is 19.3 Å². The fourth-order valence-electron chi connectivity index (χ4n) is 10.2. The van der Waals surface area contributed by atoms with Crippen molar-refractivity contribution in [2.24, 2.45) is 0 Å². The SMILES string of the molecule is CN1CCN(c2ccc3nc(-c4ccc5nc(-c6ccc(OCCCNC(=O)OCCc7ccc(CCO)c(C8=C9C=CC(=[N+](C)C)C=C9[Si](C)(C)c9cc(N(C)C)ccc98)c7)cc6)[nH]c5c4)[nH]c3c2)CC1. The van der Waals surface area contributed by atoms with Gasteiger partial charge in [0, 0.05) is 94.5 Å². The normalized spacial score (nSPS) is 15.4. The molecule has 0 atom stereocenters. The van der Waals surface area contributed by atoms with Crippen molar-refractivity contribution in [3.63, 3.8) is 0 Å². The number of hydrogen-bond acceptors (Lipinski definition) is 9. The molecule has 4 heterocycles. The molecule has 0 radical (unpaired) electrons. The van der Waals surface area contributed by atoms with Crippen LogP contribution in [0.15, 0.2) is 126 Å². The summed E-state index contributed by atoms with van der Waals surface area (Å²) in [7, 11) is 8.43. The number of aliphatic hydroxyl groups excluding tert-OH is 1.